The first-order valence-corrected chi connectivity index (χ1v) is 6.99. The van der Waals surface area contributed by atoms with Crippen LogP contribution in [0, 0.1) is 5.92 Å². The van der Waals surface area contributed by atoms with Crippen molar-refractivity contribution in [1.82, 2.24) is 25.0 Å². The molecule has 1 aliphatic carbocycles. The van der Waals surface area contributed by atoms with Crippen LogP contribution in [-0.4, -0.2) is 37.1 Å². The second-order valence-electron chi connectivity index (χ2n) is 5.86. The van der Waals surface area contributed by atoms with Crippen molar-refractivity contribution in [2.24, 2.45) is 13.0 Å². The number of aromatic nitrogens is 3. The molecular formula is C13H19N5O2. The fourth-order valence-electron chi connectivity index (χ4n) is 3.16. The normalized spacial score (nSPS) is 30.1. The molecule has 2 fully saturated rings. The van der Waals surface area contributed by atoms with Crippen LogP contribution in [0.2, 0.25) is 0 Å². The molecule has 2 heterocycles. The van der Waals surface area contributed by atoms with E-state index < -0.39 is 5.54 Å². The summed E-state index contributed by atoms with van der Waals surface area (Å²) in [6.45, 7) is 2.51. The Labute approximate surface area is 117 Å². The maximum absolute atomic E-state index is 12.3. The van der Waals surface area contributed by atoms with Gasteiger partial charge in [-0.25, -0.2) is 9.78 Å². The second kappa shape index (κ2) is 4.57. The van der Waals surface area contributed by atoms with Crippen molar-refractivity contribution in [3.63, 3.8) is 0 Å². The van der Waals surface area contributed by atoms with Crippen LogP contribution in [0.5, 0.6) is 0 Å². The zero-order valence-electron chi connectivity index (χ0n) is 11.8. The Kier molecular flexibility index (Phi) is 2.99. The van der Waals surface area contributed by atoms with Crippen LogP contribution in [0.15, 0.2) is 6.33 Å². The Hall–Kier alpha value is -1.92. The van der Waals surface area contributed by atoms with E-state index in [2.05, 4.69) is 22.3 Å². The van der Waals surface area contributed by atoms with E-state index in [0.717, 1.165) is 25.7 Å². The van der Waals surface area contributed by atoms with Crippen molar-refractivity contribution >= 4 is 11.9 Å². The van der Waals surface area contributed by atoms with Crippen molar-refractivity contribution in [2.45, 2.75) is 44.7 Å². The Bertz CT molecular complexity index is 545. The van der Waals surface area contributed by atoms with Gasteiger partial charge in [0.25, 0.3) is 5.91 Å². The first-order valence-electron chi connectivity index (χ1n) is 6.99. The number of imide groups is 1. The molecule has 1 saturated carbocycles. The molecule has 1 saturated heterocycles. The zero-order valence-corrected chi connectivity index (χ0v) is 11.8. The van der Waals surface area contributed by atoms with Crippen LogP contribution in [-0.2, 0) is 18.4 Å². The molecular weight excluding hydrogens is 258 g/mol. The molecule has 1 spiro atoms. The average molecular weight is 277 g/mol. The van der Waals surface area contributed by atoms with Crippen molar-refractivity contribution in [2.75, 3.05) is 0 Å². The van der Waals surface area contributed by atoms with Crippen molar-refractivity contribution in [1.29, 1.82) is 0 Å². The third kappa shape index (κ3) is 1.88. The number of carbonyl (C=O) groups is 2. The van der Waals surface area contributed by atoms with E-state index in [9.17, 15) is 9.59 Å². The summed E-state index contributed by atoms with van der Waals surface area (Å²) in [6, 6.07) is -0.312. The highest BCUT2D eigenvalue weighted by Crippen LogP contribution is 2.39. The van der Waals surface area contributed by atoms with Gasteiger partial charge in [0.15, 0.2) is 0 Å². The Morgan fingerprint density at radius 1 is 1.40 bits per heavy atom. The Morgan fingerprint density at radius 3 is 2.70 bits per heavy atom. The van der Waals surface area contributed by atoms with E-state index in [1.165, 1.54) is 6.33 Å². The molecule has 1 N–H and O–H groups in total. The van der Waals surface area contributed by atoms with Crippen molar-refractivity contribution in [3.8, 4) is 0 Å². The lowest BCUT2D eigenvalue weighted by molar-refractivity contribution is -0.128. The highest BCUT2D eigenvalue weighted by atomic mass is 16.2. The first kappa shape index (κ1) is 13.1. The van der Waals surface area contributed by atoms with Gasteiger partial charge in [0.05, 0.1) is 6.54 Å². The van der Waals surface area contributed by atoms with Gasteiger partial charge in [0, 0.05) is 7.05 Å². The van der Waals surface area contributed by atoms with Crippen LogP contribution < -0.4 is 5.32 Å². The summed E-state index contributed by atoms with van der Waals surface area (Å²) < 4.78 is 1.63. The molecule has 0 aromatic carbocycles. The zero-order chi connectivity index (χ0) is 14.3. The predicted octanol–water partition coefficient (Wildman–Crippen LogP) is 0.816. The highest BCUT2D eigenvalue weighted by molar-refractivity contribution is 6.07. The SMILES string of the molecule is CC1CCC2(CC1)C(=O)NC(=O)N2Cc1ncnn1C. The number of carbonyl (C=O) groups excluding carboxylic acids is 2. The van der Waals surface area contributed by atoms with Crippen molar-refractivity contribution < 1.29 is 9.59 Å². The fourth-order valence-corrected chi connectivity index (χ4v) is 3.16. The quantitative estimate of drug-likeness (QED) is 0.811. The first-order chi connectivity index (χ1) is 9.53. The Balaban J connectivity index is 1.88. The summed E-state index contributed by atoms with van der Waals surface area (Å²) in [4.78, 5) is 30.2. The standard InChI is InChI=1S/C13H19N5O2/c1-9-3-5-13(6-4-9)11(19)16-12(20)18(13)7-10-14-8-15-17(10)2/h8-9H,3-7H2,1-2H3,(H,16,19,20). The molecule has 108 valence electrons. The molecule has 1 aromatic heterocycles. The molecule has 20 heavy (non-hydrogen) atoms. The average Bonchev–Trinajstić information content (AvgIpc) is 2.91. The third-order valence-corrected chi connectivity index (χ3v) is 4.61. The summed E-state index contributed by atoms with van der Waals surface area (Å²) in [5.74, 6) is 1.14. The van der Waals surface area contributed by atoms with E-state index in [1.54, 1.807) is 16.6 Å². The molecule has 7 heteroatoms. The molecule has 2 aliphatic rings. The van der Waals surface area contributed by atoms with Crippen LogP contribution in [0.4, 0.5) is 4.79 Å². The maximum atomic E-state index is 12.3. The van der Waals surface area contributed by atoms with E-state index in [-0.39, 0.29) is 11.9 Å². The minimum absolute atomic E-state index is 0.156. The lowest BCUT2D eigenvalue weighted by Crippen LogP contribution is -2.51. The van der Waals surface area contributed by atoms with Gasteiger partial charge in [-0.05, 0) is 31.6 Å². The molecule has 1 aromatic rings. The van der Waals surface area contributed by atoms with Crippen LogP contribution in [0.25, 0.3) is 0 Å². The van der Waals surface area contributed by atoms with Gasteiger partial charge in [-0.3, -0.25) is 14.8 Å². The number of amides is 3. The van der Waals surface area contributed by atoms with Gasteiger partial charge >= 0.3 is 6.03 Å². The summed E-state index contributed by atoms with van der Waals surface area (Å²) in [6.07, 6.45) is 4.85. The second-order valence-corrected chi connectivity index (χ2v) is 5.86. The number of hydrogen-bond donors (Lipinski definition) is 1. The number of aryl methyl sites for hydroxylation is 1. The number of hydrogen-bond acceptors (Lipinski definition) is 4. The van der Waals surface area contributed by atoms with Gasteiger partial charge in [0.1, 0.15) is 17.7 Å². The smallest absolute Gasteiger partial charge is 0.302 e. The predicted molar refractivity (Wildman–Crippen MR) is 70.4 cm³/mol. The van der Waals surface area contributed by atoms with E-state index in [1.807, 2.05) is 0 Å². The minimum Gasteiger partial charge on any atom is -0.302 e. The molecule has 0 atom stereocenters. The number of nitrogens with one attached hydrogen (secondary N) is 1. The Morgan fingerprint density at radius 2 is 2.10 bits per heavy atom. The molecule has 1 aliphatic heterocycles. The van der Waals surface area contributed by atoms with Crippen LogP contribution in [0.3, 0.4) is 0 Å². The van der Waals surface area contributed by atoms with Crippen molar-refractivity contribution in [3.05, 3.63) is 12.2 Å². The summed E-state index contributed by atoms with van der Waals surface area (Å²) in [7, 11) is 1.79. The highest BCUT2D eigenvalue weighted by Gasteiger charge is 2.53. The number of urea groups is 1. The summed E-state index contributed by atoms with van der Waals surface area (Å²) in [5.41, 5.74) is -0.685. The minimum atomic E-state index is -0.685. The molecule has 0 unspecified atom stereocenters. The summed E-state index contributed by atoms with van der Waals surface area (Å²) in [5, 5.41) is 6.48. The maximum Gasteiger partial charge on any atom is 0.325 e. The summed E-state index contributed by atoms with van der Waals surface area (Å²) >= 11 is 0. The molecule has 0 radical (unpaired) electrons. The van der Waals surface area contributed by atoms with Gasteiger partial charge < -0.3 is 4.90 Å². The fraction of sp³-hybridized carbons (Fsp3) is 0.692. The molecule has 3 rings (SSSR count). The topological polar surface area (TPSA) is 80.1 Å². The third-order valence-electron chi connectivity index (χ3n) is 4.61. The van der Waals surface area contributed by atoms with Gasteiger partial charge in [0.2, 0.25) is 0 Å². The molecule has 3 amide bonds. The van der Waals surface area contributed by atoms with Gasteiger partial charge in [-0.15, -0.1) is 0 Å². The van der Waals surface area contributed by atoms with Gasteiger partial charge in [-0.2, -0.15) is 5.10 Å². The lowest BCUT2D eigenvalue weighted by atomic mass is 9.76. The lowest BCUT2D eigenvalue weighted by Gasteiger charge is -2.39. The number of rotatable bonds is 2. The van der Waals surface area contributed by atoms with Crippen LogP contribution in [0.1, 0.15) is 38.4 Å². The van der Waals surface area contributed by atoms with E-state index in [0.29, 0.717) is 18.3 Å². The molecule has 0 bridgehead atoms. The van der Waals surface area contributed by atoms with Gasteiger partial charge in [-0.1, -0.05) is 6.92 Å². The number of nitrogens with zero attached hydrogens (tertiary/aromatic N) is 4. The molecule has 7 nitrogen and oxygen atoms in total. The van der Waals surface area contributed by atoms with Crippen LogP contribution >= 0.6 is 0 Å². The monoisotopic (exact) mass is 277 g/mol. The van der Waals surface area contributed by atoms with E-state index in [4.69, 9.17) is 0 Å². The largest absolute Gasteiger partial charge is 0.325 e. The van der Waals surface area contributed by atoms with E-state index >= 15 is 0 Å².